The standard InChI is InChI=1S/C16H21NO/c1-3-4-5-6-7-8-11-15-12-9-10-13-16(15)17-14(2)18/h9-10,12-13H,3-7H2,1-2H3,(H,17,18). The molecule has 0 aromatic heterocycles. The van der Waals surface area contributed by atoms with Gasteiger partial charge in [-0.05, 0) is 18.6 Å². The number of anilines is 1. The van der Waals surface area contributed by atoms with Crippen molar-refractivity contribution in [2.24, 2.45) is 0 Å². The Bertz CT molecular complexity index is 440. The van der Waals surface area contributed by atoms with Crippen molar-refractivity contribution in [2.45, 2.75) is 46.0 Å². The van der Waals surface area contributed by atoms with Crippen molar-refractivity contribution in [3.63, 3.8) is 0 Å². The number of carbonyl (C=O) groups is 1. The third-order valence-electron chi connectivity index (χ3n) is 2.62. The minimum absolute atomic E-state index is 0.0628. The lowest BCUT2D eigenvalue weighted by molar-refractivity contribution is -0.114. The summed E-state index contributed by atoms with van der Waals surface area (Å²) in [5.74, 6) is 6.24. The zero-order chi connectivity index (χ0) is 13.2. The van der Waals surface area contributed by atoms with E-state index in [9.17, 15) is 4.79 Å². The molecule has 2 nitrogen and oxygen atoms in total. The molecule has 1 amide bonds. The van der Waals surface area contributed by atoms with E-state index in [0.717, 1.165) is 24.1 Å². The molecule has 0 heterocycles. The van der Waals surface area contributed by atoms with Gasteiger partial charge in [-0.3, -0.25) is 4.79 Å². The van der Waals surface area contributed by atoms with Crippen molar-refractivity contribution in [1.29, 1.82) is 0 Å². The van der Waals surface area contributed by atoms with Gasteiger partial charge in [-0.15, -0.1) is 0 Å². The largest absolute Gasteiger partial charge is 0.325 e. The van der Waals surface area contributed by atoms with Gasteiger partial charge in [-0.25, -0.2) is 0 Å². The van der Waals surface area contributed by atoms with E-state index >= 15 is 0 Å². The van der Waals surface area contributed by atoms with E-state index in [1.165, 1.54) is 26.2 Å². The number of hydrogen-bond donors (Lipinski definition) is 1. The van der Waals surface area contributed by atoms with Crippen molar-refractivity contribution in [3.8, 4) is 11.8 Å². The molecule has 96 valence electrons. The number of benzene rings is 1. The maximum Gasteiger partial charge on any atom is 0.221 e. The molecule has 0 spiro atoms. The Labute approximate surface area is 110 Å². The molecule has 0 fully saturated rings. The lowest BCUT2D eigenvalue weighted by Crippen LogP contribution is -2.06. The first-order chi connectivity index (χ1) is 8.74. The topological polar surface area (TPSA) is 29.1 Å². The second kappa shape index (κ2) is 8.36. The predicted octanol–water partition coefficient (Wildman–Crippen LogP) is 3.97. The number of amides is 1. The van der Waals surface area contributed by atoms with Gasteiger partial charge >= 0.3 is 0 Å². The summed E-state index contributed by atoms with van der Waals surface area (Å²) in [5, 5.41) is 2.79. The van der Waals surface area contributed by atoms with Crippen LogP contribution < -0.4 is 5.32 Å². The fraction of sp³-hybridized carbons (Fsp3) is 0.438. The number of para-hydroxylation sites is 1. The van der Waals surface area contributed by atoms with Crippen LogP contribution in [-0.2, 0) is 4.79 Å². The Balaban J connectivity index is 2.55. The van der Waals surface area contributed by atoms with Crippen LogP contribution in [0.1, 0.15) is 51.5 Å². The maximum absolute atomic E-state index is 11.1. The van der Waals surface area contributed by atoms with Crippen LogP contribution in [0.4, 0.5) is 5.69 Å². The molecule has 0 aliphatic heterocycles. The third-order valence-corrected chi connectivity index (χ3v) is 2.62. The highest BCUT2D eigenvalue weighted by atomic mass is 16.1. The van der Waals surface area contributed by atoms with Crippen molar-refractivity contribution in [1.82, 2.24) is 0 Å². The van der Waals surface area contributed by atoms with E-state index in [0.29, 0.717) is 0 Å². The summed E-state index contributed by atoms with van der Waals surface area (Å²) in [6.07, 6.45) is 5.86. The van der Waals surface area contributed by atoms with Gasteiger partial charge in [-0.2, -0.15) is 0 Å². The molecule has 2 heteroatoms. The van der Waals surface area contributed by atoms with Crippen LogP contribution in [0.15, 0.2) is 24.3 Å². The zero-order valence-corrected chi connectivity index (χ0v) is 11.3. The Kier molecular flexibility index (Phi) is 6.64. The van der Waals surface area contributed by atoms with Crippen LogP contribution in [0.2, 0.25) is 0 Å². The fourth-order valence-corrected chi connectivity index (χ4v) is 1.69. The number of hydrogen-bond acceptors (Lipinski definition) is 1. The summed E-state index contributed by atoms with van der Waals surface area (Å²) < 4.78 is 0. The van der Waals surface area contributed by atoms with Crippen LogP contribution in [0.5, 0.6) is 0 Å². The van der Waals surface area contributed by atoms with E-state index in [-0.39, 0.29) is 5.91 Å². The van der Waals surface area contributed by atoms with Crippen molar-refractivity contribution >= 4 is 11.6 Å². The highest BCUT2D eigenvalue weighted by Crippen LogP contribution is 2.13. The number of rotatable bonds is 5. The second-order valence-corrected chi connectivity index (χ2v) is 4.34. The van der Waals surface area contributed by atoms with Crippen molar-refractivity contribution < 1.29 is 4.79 Å². The SMILES string of the molecule is CCCCCCC#Cc1ccccc1NC(C)=O. The van der Waals surface area contributed by atoms with Crippen LogP contribution in [0, 0.1) is 11.8 Å². The Hall–Kier alpha value is -1.75. The molecule has 0 unspecified atom stereocenters. The Morgan fingerprint density at radius 1 is 1.22 bits per heavy atom. The summed E-state index contributed by atoms with van der Waals surface area (Å²) in [5.41, 5.74) is 1.69. The summed E-state index contributed by atoms with van der Waals surface area (Å²) in [6.45, 7) is 3.71. The van der Waals surface area contributed by atoms with Gasteiger partial charge in [-0.1, -0.05) is 50.2 Å². The van der Waals surface area contributed by atoms with Crippen molar-refractivity contribution in [3.05, 3.63) is 29.8 Å². The van der Waals surface area contributed by atoms with E-state index in [1.807, 2.05) is 24.3 Å². The zero-order valence-electron chi connectivity index (χ0n) is 11.3. The highest BCUT2D eigenvalue weighted by molar-refractivity contribution is 5.90. The molecular weight excluding hydrogens is 222 g/mol. The monoisotopic (exact) mass is 243 g/mol. The molecule has 1 aromatic carbocycles. The first kappa shape index (κ1) is 14.3. The van der Waals surface area contributed by atoms with Crippen LogP contribution in [0.25, 0.3) is 0 Å². The van der Waals surface area contributed by atoms with Crippen LogP contribution in [0.3, 0.4) is 0 Å². The first-order valence-corrected chi connectivity index (χ1v) is 6.59. The average Bonchev–Trinajstić information content (AvgIpc) is 2.35. The number of carbonyl (C=O) groups excluding carboxylic acids is 1. The molecule has 1 aromatic rings. The van der Waals surface area contributed by atoms with Crippen LogP contribution in [-0.4, -0.2) is 5.91 Å². The molecule has 0 saturated heterocycles. The molecule has 1 N–H and O–H groups in total. The quantitative estimate of drug-likeness (QED) is 0.615. The summed E-state index contributed by atoms with van der Waals surface area (Å²) in [7, 11) is 0. The van der Waals surface area contributed by atoms with Gasteiger partial charge in [0.2, 0.25) is 5.91 Å². The molecule has 0 aliphatic rings. The summed E-state index contributed by atoms with van der Waals surface area (Å²) in [6, 6.07) is 7.65. The molecule has 0 saturated carbocycles. The number of nitrogens with one attached hydrogen (secondary N) is 1. The van der Waals surface area contributed by atoms with E-state index in [1.54, 1.807) is 0 Å². The summed E-state index contributed by atoms with van der Waals surface area (Å²) >= 11 is 0. The molecule has 18 heavy (non-hydrogen) atoms. The average molecular weight is 243 g/mol. The minimum atomic E-state index is -0.0628. The van der Waals surface area contributed by atoms with E-state index in [2.05, 4.69) is 24.1 Å². The Morgan fingerprint density at radius 2 is 2.00 bits per heavy atom. The lowest BCUT2D eigenvalue weighted by atomic mass is 10.1. The molecule has 0 atom stereocenters. The lowest BCUT2D eigenvalue weighted by Gasteiger charge is -2.03. The summed E-state index contributed by atoms with van der Waals surface area (Å²) in [4.78, 5) is 11.1. The van der Waals surface area contributed by atoms with Gasteiger partial charge in [0.1, 0.15) is 0 Å². The molecule has 0 bridgehead atoms. The molecule has 0 aliphatic carbocycles. The van der Waals surface area contributed by atoms with E-state index < -0.39 is 0 Å². The molecule has 1 rings (SSSR count). The number of unbranched alkanes of at least 4 members (excludes halogenated alkanes) is 4. The fourth-order valence-electron chi connectivity index (χ4n) is 1.69. The second-order valence-electron chi connectivity index (χ2n) is 4.34. The maximum atomic E-state index is 11.1. The van der Waals surface area contributed by atoms with Gasteiger partial charge in [0.05, 0.1) is 5.69 Å². The van der Waals surface area contributed by atoms with Gasteiger partial charge in [0.25, 0.3) is 0 Å². The smallest absolute Gasteiger partial charge is 0.221 e. The van der Waals surface area contributed by atoms with E-state index in [4.69, 9.17) is 0 Å². The predicted molar refractivity (Wildman–Crippen MR) is 76.4 cm³/mol. The normalized spacial score (nSPS) is 9.44. The Morgan fingerprint density at radius 3 is 2.72 bits per heavy atom. The molecule has 0 radical (unpaired) electrons. The van der Waals surface area contributed by atoms with Crippen LogP contribution >= 0.6 is 0 Å². The highest BCUT2D eigenvalue weighted by Gasteiger charge is 1.99. The van der Waals surface area contributed by atoms with Gasteiger partial charge < -0.3 is 5.32 Å². The third kappa shape index (κ3) is 5.54. The van der Waals surface area contributed by atoms with Crippen molar-refractivity contribution in [2.75, 3.05) is 5.32 Å². The first-order valence-electron chi connectivity index (χ1n) is 6.59. The minimum Gasteiger partial charge on any atom is -0.325 e. The van der Waals surface area contributed by atoms with Gasteiger partial charge in [0.15, 0.2) is 0 Å². The molecular formula is C16H21NO. The van der Waals surface area contributed by atoms with Gasteiger partial charge in [0, 0.05) is 18.9 Å².